The second-order valence-corrected chi connectivity index (χ2v) is 4.17. The molecule has 0 aromatic rings. The Morgan fingerprint density at radius 3 is 2.73 bits per heavy atom. The monoisotopic (exact) mass is 212 g/mol. The number of amides is 1. The van der Waals surface area contributed by atoms with Crippen LogP contribution in [0.4, 0.5) is 0 Å². The summed E-state index contributed by atoms with van der Waals surface area (Å²) in [6, 6.07) is 0.168. The highest BCUT2D eigenvalue weighted by Gasteiger charge is 2.19. The zero-order valence-electron chi connectivity index (χ0n) is 9.73. The first-order chi connectivity index (χ1) is 7.00. The van der Waals surface area contributed by atoms with Crippen LogP contribution in [0.25, 0.3) is 0 Å². The molecule has 0 saturated carbocycles. The highest BCUT2D eigenvalue weighted by atomic mass is 16.2. The third-order valence-electron chi connectivity index (χ3n) is 2.39. The number of hydrogen-bond donors (Lipinski definition) is 1. The summed E-state index contributed by atoms with van der Waals surface area (Å²) in [5.41, 5.74) is 5.83. The Kier molecular flexibility index (Phi) is 3.94. The van der Waals surface area contributed by atoms with Crippen LogP contribution in [-0.4, -0.2) is 54.4 Å². The molecule has 86 valence electrons. The van der Waals surface area contributed by atoms with Crippen molar-refractivity contribution in [1.29, 1.82) is 0 Å². The Bertz CT molecular complexity index is 262. The van der Waals surface area contributed by atoms with Gasteiger partial charge in [0.25, 0.3) is 0 Å². The van der Waals surface area contributed by atoms with Crippen LogP contribution in [0.2, 0.25) is 0 Å². The number of rotatable bonds is 1. The maximum atomic E-state index is 11.6. The Labute approximate surface area is 90.9 Å². The normalized spacial score (nSPS) is 19.7. The summed E-state index contributed by atoms with van der Waals surface area (Å²) in [5.74, 6) is 0.586. The first kappa shape index (κ1) is 11.8. The lowest BCUT2D eigenvalue weighted by Gasteiger charge is -2.21. The molecule has 0 aromatic heterocycles. The molecule has 0 radical (unpaired) electrons. The molecule has 0 atom stereocenters. The number of nitrogens with two attached hydrogens (primary N) is 1. The van der Waals surface area contributed by atoms with Gasteiger partial charge in [0.2, 0.25) is 5.91 Å². The van der Waals surface area contributed by atoms with E-state index in [-0.39, 0.29) is 11.9 Å². The van der Waals surface area contributed by atoms with Crippen LogP contribution in [0, 0.1) is 0 Å². The van der Waals surface area contributed by atoms with Crippen molar-refractivity contribution in [2.24, 2.45) is 10.7 Å². The van der Waals surface area contributed by atoms with Crippen LogP contribution < -0.4 is 5.73 Å². The molecular formula is C10H20N4O. The molecule has 1 heterocycles. The van der Waals surface area contributed by atoms with Gasteiger partial charge >= 0.3 is 0 Å². The predicted octanol–water partition coefficient (Wildman–Crippen LogP) is -0.126. The highest BCUT2D eigenvalue weighted by molar-refractivity contribution is 5.86. The van der Waals surface area contributed by atoms with Gasteiger partial charge in [-0.25, -0.2) is 0 Å². The van der Waals surface area contributed by atoms with Gasteiger partial charge in [-0.15, -0.1) is 0 Å². The molecule has 0 bridgehead atoms. The molecule has 15 heavy (non-hydrogen) atoms. The Hall–Kier alpha value is -1.26. The molecule has 0 spiro atoms. The van der Waals surface area contributed by atoms with Gasteiger partial charge in [-0.1, -0.05) is 0 Å². The van der Waals surface area contributed by atoms with Gasteiger partial charge < -0.3 is 15.5 Å². The fourth-order valence-electron chi connectivity index (χ4n) is 1.53. The van der Waals surface area contributed by atoms with Gasteiger partial charge in [0.05, 0.1) is 6.54 Å². The van der Waals surface area contributed by atoms with Crippen molar-refractivity contribution in [2.45, 2.75) is 26.3 Å². The largest absolute Gasteiger partial charge is 0.370 e. The average molecular weight is 212 g/mol. The van der Waals surface area contributed by atoms with Gasteiger partial charge in [0.1, 0.15) is 0 Å². The lowest BCUT2D eigenvalue weighted by molar-refractivity contribution is -0.129. The fourth-order valence-corrected chi connectivity index (χ4v) is 1.53. The van der Waals surface area contributed by atoms with E-state index in [0.29, 0.717) is 12.5 Å². The standard InChI is InChI=1S/C10H20N4O/c1-8(2)12-10(11)14-6-4-5-13(3)9(15)7-14/h8H,4-7H2,1-3H3,(H2,11,12). The van der Waals surface area contributed by atoms with E-state index in [1.54, 1.807) is 4.90 Å². The second kappa shape index (κ2) is 5.00. The number of carbonyl (C=O) groups is 1. The third-order valence-corrected chi connectivity index (χ3v) is 2.39. The van der Waals surface area contributed by atoms with E-state index < -0.39 is 0 Å². The minimum Gasteiger partial charge on any atom is -0.370 e. The van der Waals surface area contributed by atoms with Crippen molar-refractivity contribution in [1.82, 2.24) is 9.80 Å². The van der Waals surface area contributed by atoms with Gasteiger partial charge in [-0.2, -0.15) is 0 Å². The first-order valence-electron chi connectivity index (χ1n) is 5.33. The van der Waals surface area contributed by atoms with Gasteiger partial charge in [0, 0.05) is 26.2 Å². The first-order valence-corrected chi connectivity index (χ1v) is 5.33. The fraction of sp³-hybridized carbons (Fsp3) is 0.800. The van der Waals surface area contributed by atoms with E-state index in [1.807, 2.05) is 25.8 Å². The topological polar surface area (TPSA) is 61.9 Å². The van der Waals surface area contributed by atoms with Gasteiger partial charge in [-0.3, -0.25) is 9.79 Å². The Morgan fingerprint density at radius 2 is 2.13 bits per heavy atom. The van der Waals surface area contributed by atoms with E-state index in [0.717, 1.165) is 19.5 Å². The Balaban J connectivity index is 2.66. The lowest BCUT2D eigenvalue weighted by Crippen LogP contribution is -2.42. The molecule has 1 aliphatic rings. The van der Waals surface area contributed by atoms with Crippen molar-refractivity contribution in [2.75, 3.05) is 26.7 Å². The van der Waals surface area contributed by atoms with Crippen LogP contribution in [0.5, 0.6) is 0 Å². The maximum Gasteiger partial charge on any atom is 0.241 e. The van der Waals surface area contributed by atoms with Crippen molar-refractivity contribution in [3.8, 4) is 0 Å². The van der Waals surface area contributed by atoms with E-state index in [4.69, 9.17) is 5.73 Å². The predicted molar refractivity (Wildman–Crippen MR) is 60.6 cm³/mol. The quantitative estimate of drug-likeness (QED) is 0.486. The Morgan fingerprint density at radius 1 is 1.47 bits per heavy atom. The van der Waals surface area contributed by atoms with Crippen LogP contribution in [0.3, 0.4) is 0 Å². The minimum atomic E-state index is 0.106. The lowest BCUT2D eigenvalue weighted by atomic mass is 10.4. The number of likely N-dealkylation sites (N-methyl/N-ethyl adjacent to an activating group) is 1. The molecule has 1 saturated heterocycles. The molecule has 1 fully saturated rings. The van der Waals surface area contributed by atoms with Crippen LogP contribution >= 0.6 is 0 Å². The zero-order chi connectivity index (χ0) is 11.4. The van der Waals surface area contributed by atoms with Gasteiger partial charge in [-0.05, 0) is 20.3 Å². The molecule has 2 N–H and O–H groups in total. The molecule has 1 amide bonds. The second-order valence-electron chi connectivity index (χ2n) is 4.17. The van der Waals surface area contributed by atoms with Crippen molar-refractivity contribution in [3.05, 3.63) is 0 Å². The highest BCUT2D eigenvalue weighted by Crippen LogP contribution is 2.02. The van der Waals surface area contributed by atoms with E-state index in [1.165, 1.54) is 0 Å². The molecule has 1 aliphatic heterocycles. The van der Waals surface area contributed by atoms with Crippen molar-refractivity contribution >= 4 is 11.9 Å². The number of nitrogens with zero attached hydrogens (tertiary/aromatic N) is 3. The third kappa shape index (κ3) is 3.42. The van der Waals surface area contributed by atoms with Crippen molar-refractivity contribution < 1.29 is 4.79 Å². The number of aliphatic imine (C=N–C) groups is 1. The van der Waals surface area contributed by atoms with E-state index >= 15 is 0 Å². The minimum absolute atomic E-state index is 0.106. The van der Waals surface area contributed by atoms with E-state index in [2.05, 4.69) is 4.99 Å². The van der Waals surface area contributed by atoms with Crippen LogP contribution in [0.15, 0.2) is 4.99 Å². The average Bonchev–Trinajstić information content (AvgIpc) is 2.28. The molecule has 5 heteroatoms. The SMILES string of the molecule is CC(C)N=C(N)N1CCCN(C)C(=O)C1. The van der Waals surface area contributed by atoms with Gasteiger partial charge in [0.15, 0.2) is 5.96 Å². The molecule has 1 rings (SSSR count). The smallest absolute Gasteiger partial charge is 0.241 e. The van der Waals surface area contributed by atoms with Crippen LogP contribution in [-0.2, 0) is 4.79 Å². The van der Waals surface area contributed by atoms with Crippen LogP contribution in [0.1, 0.15) is 20.3 Å². The maximum absolute atomic E-state index is 11.6. The molecule has 0 unspecified atom stereocenters. The summed E-state index contributed by atoms with van der Waals surface area (Å²) >= 11 is 0. The molecular weight excluding hydrogens is 192 g/mol. The summed E-state index contributed by atoms with van der Waals surface area (Å²) in [6.45, 7) is 5.89. The molecule has 0 aliphatic carbocycles. The summed E-state index contributed by atoms with van der Waals surface area (Å²) in [5, 5.41) is 0. The number of hydrogen-bond acceptors (Lipinski definition) is 2. The number of guanidine groups is 1. The molecule has 5 nitrogen and oxygen atoms in total. The zero-order valence-corrected chi connectivity index (χ0v) is 9.73. The summed E-state index contributed by atoms with van der Waals surface area (Å²) < 4.78 is 0. The molecule has 0 aromatic carbocycles. The summed E-state index contributed by atoms with van der Waals surface area (Å²) in [4.78, 5) is 19.4. The number of carbonyl (C=O) groups excluding carboxylic acids is 1. The summed E-state index contributed by atoms with van der Waals surface area (Å²) in [6.07, 6.45) is 0.941. The van der Waals surface area contributed by atoms with E-state index in [9.17, 15) is 4.79 Å². The summed E-state index contributed by atoms with van der Waals surface area (Å²) in [7, 11) is 1.82. The van der Waals surface area contributed by atoms with Crippen molar-refractivity contribution in [3.63, 3.8) is 0 Å².